The molecule has 114 valence electrons. The Balaban J connectivity index is 1.59. The van der Waals surface area contributed by atoms with E-state index in [0.717, 1.165) is 21.9 Å². The van der Waals surface area contributed by atoms with Crippen LogP contribution in [-0.2, 0) is 10.0 Å². The molecule has 4 rings (SSSR count). The Hall–Kier alpha value is 0.0900. The molecule has 0 spiro atoms. The molecule has 1 N–H and O–H groups in total. The fraction of sp³-hybridized carbons (Fsp3) is 0.600. The van der Waals surface area contributed by atoms with Gasteiger partial charge in [0.1, 0.15) is 0 Å². The van der Waals surface area contributed by atoms with E-state index in [1.54, 1.807) is 6.07 Å². The molecule has 0 heterocycles. The maximum absolute atomic E-state index is 12.7. The van der Waals surface area contributed by atoms with Crippen molar-refractivity contribution in [3.05, 3.63) is 26.6 Å². The highest BCUT2D eigenvalue weighted by Crippen LogP contribution is 2.65. The first-order valence-corrected chi connectivity index (χ1v) is 10.4. The Labute approximate surface area is 142 Å². The van der Waals surface area contributed by atoms with Crippen LogP contribution in [0.5, 0.6) is 0 Å². The second kappa shape index (κ2) is 4.79. The Kier molecular flexibility index (Phi) is 3.35. The van der Waals surface area contributed by atoms with Crippen LogP contribution in [-0.4, -0.2) is 14.5 Å². The standard InChI is InChI=1S/C15H17Br2NO2S/c1-7-4-11(17)12(6-10(7)16)21(19,20)18-15-13-8-2-3-9(5-8)14(13)15/h4,6,8-9,13-15,18H,2-3,5H2,1H3. The number of hydrogen-bond donors (Lipinski definition) is 1. The minimum Gasteiger partial charge on any atom is -0.207 e. The lowest BCUT2D eigenvalue weighted by Crippen LogP contribution is -2.30. The first-order chi connectivity index (χ1) is 9.88. The van der Waals surface area contributed by atoms with Crippen molar-refractivity contribution in [1.29, 1.82) is 0 Å². The van der Waals surface area contributed by atoms with Crippen LogP contribution in [0, 0.1) is 30.6 Å². The quantitative estimate of drug-likeness (QED) is 0.785. The van der Waals surface area contributed by atoms with Gasteiger partial charge in [-0.05, 0) is 83.5 Å². The topological polar surface area (TPSA) is 46.2 Å². The second-order valence-corrected chi connectivity index (χ2v) is 10.1. The van der Waals surface area contributed by atoms with E-state index in [-0.39, 0.29) is 6.04 Å². The molecular weight excluding hydrogens is 418 g/mol. The molecule has 1 aromatic rings. The summed E-state index contributed by atoms with van der Waals surface area (Å²) in [5, 5.41) is 0. The molecule has 1 aromatic carbocycles. The molecule has 0 amide bonds. The molecule has 0 aromatic heterocycles. The number of hydrogen-bond acceptors (Lipinski definition) is 2. The van der Waals surface area contributed by atoms with E-state index in [4.69, 9.17) is 0 Å². The van der Waals surface area contributed by atoms with Crippen molar-refractivity contribution in [2.24, 2.45) is 23.7 Å². The fourth-order valence-corrected chi connectivity index (χ4v) is 7.54. The third kappa shape index (κ3) is 2.25. The van der Waals surface area contributed by atoms with Gasteiger partial charge in [0.25, 0.3) is 0 Å². The molecule has 3 aliphatic rings. The summed E-state index contributed by atoms with van der Waals surface area (Å²) < 4.78 is 29.7. The minimum atomic E-state index is -3.45. The summed E-state index contributed by atoms with van der Waals surface area (Å²) in [6, 6.07) is 3.71. The van der Waals surface area contributed by atoms with Gasteiger partial charge in [0.05, 0.1) is 4.90 Å². The van der Waals surface area contributed by atoms with Crippen LogP contribution < -0.4 is 4.72 Å². The molecular formula is C15H17Br2NO2S. The van der Waals surface area contributed by atoms with E-state index in [1.165, 1.54) is 19.3 Å². The molecule has 3 aliphatic carbocycles. The van der Waals surface area contributed by atoms with E-state index < -0.39 is 10.0 Å². The van der Waals surface area contributed by atoms with Crippen molar-refractivity contribution in [3.8, 4) is 0 Å². The number of aryl methyl sites for hydroxylation is 1. The smallest absolute Gasteiger partial charge is 0.207 e. The Morgan fingerprint density at radius 3 is 2.33 bits per heavy atom. The van der Waals surface area contributed by atoms with Crippen molar-refractivity contribution in [1.82, 2.24) is 4.72 Å². The van der Waals surface area contributed by atoms with Gasteiger partial charge in [0.2, 0.25) is 10.0 Å². The zero-order chi connectivity index (χ0) is 14.9. The zero-order valence-electron chi connectivity index (χ0n) is 11.6. The van der Waals surface area contributed by atoms with Crippen molar-refractivity contribution >= 4 is 41.9 Å². The van der Waals surface area contributed by atoms with Crippen molar-refractivity contribution in [2.45, 2.75) is 37.1 Å². The maximum atomic E-state index is 12.7. The van der Waals surface area contributed by atoms with Gasteiger partial charge in [0, 0.05) is 15.0 Å². The molecule has 0 aliphatic heterocycles. The van der Waals surface area contributed by atoms with Gasteiger partial charge in [0.15, 0.2) is 0 Å². The summed E-state index contributed by atoms with van der Waals surface area (Å²) in [5.41, 5.74) is 1.02. The van der Waals surface area contributed by atoms with Gasteiger partial charge in [-0.25, -0.2) is 13.1 Å². The van der Waals surface area contributed by atoms with Crippen LogP contribution in [0.25, 0.3) is 0 Å². The van der Waals surface area contributed by atoms with E-state index in [1.807, 2.05) is 13.0 Å². The van der Waals surface area contributed by atoms with Crippen LogP contribution >= 0.6 is 31.9 Å². The van der Waals surface area contributed by atoms with Crippen molar-refractivity contribution in [2.75, 3.05) is 0 Å². The number of rotatable bonds is 3. The molecule has 21 heavy (non-hydrogen) atoms. The predicted octanol–water partition coefficient (Wildman–Crippen LogP) is 3.84. The molecule has 4 atom stereocenters. The van der Waals surface area contributed by atoms with Gasteiger partial charge in [-0.3, -0.25) is 0 Å². The summed E-state index contributed by atoms with van der Waals surface area (Å²) in [6.07, 6.45) is 3.92. The number of benzene rings is 1. The molecule has 0 radical (unpaired) electrons. The summed E-state index contributed by atoms with van der Waals surface area (Å²) in [7, 11) is -3.45. The highest BCUT2D eigenvalue weighted by Gasteiger charge is 2.65. The van der Waals surface area contributed by atoms with E-state index in [9.17, 15) is 8.42 Å². The normalized spacial score (nSPS) is 36.8. The number of fused-ring (bicyclic) bond motifs is 5. The molecule has 6 heteroatoms. The average molecular weight is 435 g/mol. The van der Waals surface area contributed by atoms with E-state index in [0.29, 0.717) is 21.2 Å². The lowest BCUT2D eigenvalue weighted by atomic mass is 10.0. The van der Waals surface area contributed by atoms with Gasteiger partial charge in [-0.15, -0.1) is 0 Å². The first-order valence-electron chi connectivity index (χ1n) is 7.36. The second-order valence-electron chi connectivity index (χ2n) is 6.67. The maximum Gasteiger partial charge on any atom is 0.242 e. The number of nitrogens with one attached hydrogen (secondary N) is 1. The highest BCUT2D eigenvalue weighted by molar-refractivity contribution is 9.11. The molecule has 3 fully saturated rings. The molecule has 0 saturated heterocycles. The largest absolute Gasteiger partial charge is 0.242 e. The van der Waals surface area contributed by atoms with E-state index >= 15 is 0 Å². The van der Waals surface area contributed by atoms with Crippen LogP contribution in [0.2, 0.25) is 0 Å². The van der Waals surface area contributed by atoms with Crippen molar-refractivity contribution < 1.29 is 8.42 Å². The Bertz CT molecular complexity index is 703. The van der Waals surface area contributed by atoms with Crippen LogP contribution in [0.3, 0.4) is 0 Å². The minimum absolute atomic E-state index is 0.174. The highest BCUT2D eigenvalue weighted by atomic mass is 79.9. The Morgan fingerprint density at radius 1 is 1.10 bits per heavy atom. The molecule has 3 nitrogen and oxygen atoms in total. The molecule has 4 unspecified atom stereocenters. The average Bonchev–Trinajstić information content (AvgIpc) is 2.82. The fourth-order valence-electron chi connectivity index (χ4n) is 4.56. The third-order valence-electron chi connectivity index (χ3n) is 5.53. The van der Waals surface area contributed by atoms with Crippen LogP contribution in [0.4, 0.5) is 0 Å². The summed E-state index contributed by atoms with van der Waals surface area (Å²) in [5.74, 6) is 2.74. The van der Waals surface area contributed by atoms with Crippen LogP contribution in [0.15, 0.2) is 26.0 Å². The number of sulfonamides is 1. The molecule has 2 bridgehead atoms. The molecule has 3 saturated carbocycles. The van der Waals surface area contributed by atoms with Gasteiger partial charge < -0.3 is 0 Å². The summed E-state index contributed by atoms with van der Waals surface area (Å²) in [6.45, 7) is 1.95. The van der Waals surface area contributed by atoms with Gasteiger partial charge in [-0.2, -0.15) is 0 Å². The SMILES string of the molecule is Cc1cc(Br)c(S(=O)(=O)NC2C3C4CCC(C4)C23)cc1Br. The van der Waals surface area contributed by atoms with E-state index in [2.05, 4.69) is 36.6 Å². The predicted molar refractivity (Wildman–Crippen MR) is 88.5 cm³/mol. The van der Waals surface area contributed by atoms with Crippen molar-refractivity contribution in [3.63, 3.8) is 0 Å². The first kappa shape index (κ1) is 14.7. The lowest BCUT2D eigenvalue weighted by molar-refractivity contribution is 0.456. The summed E-state index contributed by atoms with van der Waals surface area (Å²) >= 11 is 6.80. The van der Waals surface area contributed by atoms with Gasteiger partial charge >= 0.3 is 0 Å². The Morgan fingerprint density at radius 2 is 1.71 bits per heavy atom. The zero-order valence-corrected chi connectivity index (χ0v) is 15.6. The third-order valence-corrected chi connectivity index (χ3v) is 8.80. The lowest BCUT2D eigenvalue weighted by Gasteiger charge is -2.13. The summed E-state index contributed by atoms with van der Waals surface area (Å²) in [4.78, 5) is 0.331. The number of halogens is 2. The van der Waals surface area contributed by atoms with Crippen LogP contribution in [0.1, 0.15) is 24.8 Å². The van der Waals surface area contributed by atoms with Gasteiger partial charge in [-0.1, -0.05) is 15.9 Å². The monoisotopic (exact) mass is 433 g/mol.